The molecule has 0 fully saturated rings. The van der Waals surface area contributed by atoms with E-state index in [1.165, 1.54) is 6.07 Å². The Bertz CT molecular complexity index is 407. The van der Waals surface area contributed by atoms with Crippen molar-refractivity contribution in [3.8, 4) is 6.07 Å². The molecule has 17 heavy (non-hydrogen) atoms. The molecule has 2 nitrogen and oxygen atoms in total. The molecular weight excluding hydrogens is 215 g/mol. The number of halogens is 1. The fraction of sp³-hybridized carbons (Fsp3) is 0.500. The van der Waals surface area contributed by atoms with Gasteiger partial charge >= 0.3 is 0 Å². The molecule has 0 aliphatic carbocycles. The smallest absolute Gasteiger partial charge is 0.123 e. The maximum absolute atomic E-state index is 13.0. The fourth-order valence-electron chi connectivity index (χ4n) is 1.55. The Morgan fingerprint density at radius 3 is 2.71 bits per heavy atom. The molecule has 0 bridgehead atoms. The third-order valence-corrected chi connectivity index (χ3v) is 2.76. The van der Waals surface area contributed by atoms with Gasteiger partial charge in [0.15, 0.2) is 0 Å². The summed E-state index contributed by atoms with van der Waals surface area (Å²) >= 11 is 0. The summed E-state index contributed by atoms with van der Waals surface area (Å²) in [6.45, 7) is 5.41. The van der Waals surface area contributed by atoms with Crippen LogP contribution < -0.4 is 0 Å². The summed E-state index contributed by atoms with van der Waals surface area (Å²) in [4.78, 5) is 2.11. The van der Waals surface area contributed by atoms with Crippen LogP contribution >= 0.6 is 0 Å². The second kappa shape index (κ2) is 5.79. The Morgan fingerprint density at radius 1 is 1.41 bits per heavy atom. The van der Waals surface area contributed by atoms with Crippen LogP contribution in [0.25, 0.3) is 0 Å². The molecule has 0 atom stereocenters. The lowest BCUT2D eigenvalue weighted by atomic mass is 9.91. The van der Waals surface area contributed by atoms with Crippen molar-refractivity contribution >= 4 is 0 Å². The van der Waals surface area contributed by atoms with Gasteiger partial charge in [0, 0.05) is 6.54 Å². The summed E-state index contributed by atoms with van der Waals surface area (Å²) in [6, 6.07) is 8.91. The van der Waals surface area contributed by atoms with Gasteiger partial charge in [-0.3, -0.25) is 0 Å². The predicted octanol–water partition coefficient (Wildman–Crippen LogP) is 3.20. The van der Waals surface area contributed by atoms with Gasteiger partial charge in [0.25, 0.3) is 0 Å². The molecule has 0 saturated heterocycles. The van der Waals surface area contributed by atoms with Crippen LogP contribution in [0.15, 0.2) is 24.3 Å². The molecular formula is C14H19FN2. The second-order valence-corrected chi connectivity index (χ2v) is 5.11. The molecule has 0 saturated carbocycles. The maximum atomic E-state index is 13.0. The number of hydrogen-bond donors (Lipinski definition) is 0. The monoisotopic (exact) mass is 234 g/mol. The molecule has 1 aromatic carbocycles. The van der Waals surface area contributed by atoms with E-state index < -0.39 is 0 Å². The van der Waals surface area contributed by atoms with Crippen molar-refractivity contribution in [1.82, 2.24) is 4.90 Å². The van der Waals surface area contributed by atoms with Crippen LogP contribution in [0.1, 0.15) is 25.8 Å². The summed E-state index contributed by atoms with van der Waals surface area (Å²) in [5.74, 6) is -0.201. The molecule has 0 amide bonds. The van der Waals surface area contributed by atoms with Crippen molar-refractivity contribution in [3.63, 3.8) is 0 Å². The zero-order valence-electron chi connectivity index (χ0n) is 10.7. The second-order valence-electron chi connectivity index (χ2n) is 5.11. The largest absolute Gasteiger partial charge is 0.302 e. The highest BCUT2D eigenvalue weighted by atomic mass is 19.1. The van der Waals surface area contributed by atoms with Gasteiger partial charge in [0.2, 0.25) is 0 Å². The fourth-order valence-corrected chi connectivity index (χ4v) is 1.55. The van der Waals surface area contributed by atoms with Gasteiger partial charge in [-0.15, -0.1) is 0 Å². The molecule has 0 unspecified atom stereocenters. The van der Waals surface area contributed by atoms with Gasteiger partial charge in [0.05, 0.1) is 11.5 Å². The number of rotatable bonds is 5. The minimum absolute atomic E-state index is 0.201. The zero-order chi connectivity index (χ0) is 12.9. The van der Waals surface area contributed by atoms with Crippen molar-refractivity contribution in [3.05, 3.63) is 35.6 Å². The predicted molar refractivity (Wildman–Crippen MR) is 66.7 cm³/mol. The highest BCUT2D eigenvalue weighted by Crippen LogP contribution is 2.19. The molecule has 0 aromatic heterocycles. The zero-order valence-corrected chi connectivity index (χ0v) is 10.7. The summed E-state index contributed by atoms with van der Waals surface area (Å²) in [5, 5.41) is 8.91. The van der Waals surface area contributed by atoms with Crippen molar-refractivity contribution in [2.24, 2.45) is 5.41 Å². The van der Waals surface area contributed by atoms with Gasteiger partial charge in [-0.2, -0.15) is 5.26 Å². The lowest BCUT2D eigenvalue weighted by molar-refractivity contribution is 0.280. The molecule has 1 aromatic rings. The quantitative estimate of drug-likeness (QED) is 0.782. The van der Waals surface area contributed by atoms with E-state index in [1.54, 1.807) is 12.1 Å². The first-order valence-electron chi connectivity index (χ1n) is 5.77. The van der Waals surface area contributed by atoms with Gasteiger partial charge in [-0.05, 0) is 51.6 Å². The minimum atomic E-state index is -0.295. The third kappa shape index (κ3) is 4.97. The van der Waals surface area contributed by atoms with Crippen LogP contribution in [0.5, 0.6) is 0 Å². The van der Waals surface area contributed by atoms with E-state index in [1.807, 2.05) is 27.0 Å². The minimum Gasteiger partial charge on any atom is -0.302 e. The van der Waals surface area contributed by atoms with Crippen molar-refractivity contribution in [2.75, 3.05) is 13.6 Å². The number of nitriles is 1. The molecule has 0 aliphatic heterocycles. The molecule has 3 heteroatoms. The van der Waals surface area contributed by atoms with Crippen LogP contribution in [-0.4, -0.2) is 18.5 Å². The van der Waals surface area contributed by atoms with Crippen molar-refractivity contribution < 1.29 is 4.39 Å². The highest BCUT2D eigenvalue weighted by Gasteiger charge is 2.17. The van der Waals surface area contributed by atoms with E-state index in [-0.39, 0.29) is 11.2 Å². The number of hydrogen-bond acceptors (Lipinski definition) is 2. The molecule has 0 radical (unpaired) electrons. The average molecular weight is 234 g/mol. The Hall–Kier alpha value is -1.40. The Kier molecular flexibility index (Phi) is 4.65. The summed E-state index contributed by atoms with van der Waals surface area (Å²) in [5.41, 5.74) is 0.665. The Labute approximate surface area is 103 Å². The van der Waals surface area contributed by atoms with Gasteiger partial charge in [-0.25, -0.2) is 4.39 Å². The van der Waals surface area contributed by atoms with E-state index in [4.69, 9.17) is 5.26 Å². The molecule has 0 aliphatic rings. The standard InChI is InChI=1S/C14H19FN2/c1-14(2,11-16)7-8-17(3)10-12-5-4-6-13(15)9-12/h4-6,9H,7-8,10H2,1-3H3. The SMILES string of the molecule is CN(CCC(C)(C)C#N)Cc1cccc(F)c1. The van der Waals surface area contributed by atoms with E-state index >= 15 is 0 Å². The van der Waals surface area contributed by atoms with Crippen LogP contribution in [0.2, 0.25) is 0 Å². The van der Waals surface area contributed by atoms with Gasteiger partial charge in [0.1, 0.15) is 5.82 Å². The Morgan fingerprint density at radius 2 is 2.12 bits per heavy atom. The van der Waals surface area contributed by atoms with Crippen LogP contribution in [0.3, 0.4) is 0 Å². The molecule has 0 N–H and O–H groups in total. The van der Waals surface area contributed by atoms with Crippen molar-refractivity contribution in [2.45, 2.75) is 26.8 Å². The molecule has 0 heterocycles. The topological polar surface area (TPSA) is 27.0 Å². The molecule has 92 valence electrons. The summed E-state index contributed by atoms with van der Waals surface area (Å²) in [7, 11) is 1.98. The first kappa shape index (κ1) is 13.7. The van der Waals surface area contributed by atoms with E-state index in [0.717, 1.165) is 18.5 Å². The highest BCUT2D eigenvalue weighted by molar-refractivity contribution is 5.16. The first-order valence-corrected chi connectivity index (χ1v) is 5.77. The Balaban J connectivity index is 2.46. The lowest BCUT2D eigenvalue weighted by Crippen LogP contribution is -2.23. The van der Waals surface area contributed by atoms with Crippen LogP contribution in [0, 0.1) is 22.6 Å². The normalized spacial score (nSPS) is 11.5. The average Bonchev–Trinajstić information content (AvgIpc) is 2.27. The summed E-state index contributed by atoms with van der Waals surface area (Å²) in [6.07, 6.45) is 0.815. The van der Waals surface area contributed by atoms with Crippen LogP contribution in [-0.2, 0) is 6.54 Å². The molecule has 0 spiro atoms. The third-order valence-electron chi connectivity index (χ3n) is 2.76. The lowest BCUT2D eigenvalue weighted by Gasteiger charge is -2.21. The van der Waals surface area contributed by atoms with E-state index in [2.05, 4.69) is 11.0 Å². The van der Waals surface area contributed by atoms with E-state index in [9.17, 15) is 4.39 Å². The van der Waals surface area contributed by atoms with E-state index in [0.29, 0.717) is 6.54 Å². The number of benzene rings is 1. The van der Waals surface area contributed by atoms with Gasteiger partial charge < -0.3 is 4.90 Å². The van der Waals surface area contributed by atoms with Gasteiger partial charge in [-0.1, -0.05) is 12.1 Å². The molecule has 1 rings (SSSR count). The number of nitrogens with zero attached hydrogens (tertiary/aromatic N) is 2. The van der Waals surface area contributed by atoms with Crippen LogP contribution in [0.4, 0.5) is 4.39 Å². The summed E-state index contributed by atoms with van der Waals surface area (Å²) < 4.78 is 13.0. The van der Waals surface area contributed by atoms with Crippen molar-refractivity contribution in [1.29, 1.82) is 5.26 Å². The maximum Gasteiger partial charge on any atom is 0.123 e. The first-order chi connectivity index (χ1) is 7.93.